The van der Waals surface area contributed by atoms with Gasteiger partial charge in [0.1, 0.15) is 5.69 Å². The normalized spacial score (nSPS) is 22.7. The molecule has 0 aliphatic carbocycles. The molecule has 4 nitrogen and oxygen atoms in total. The molecule has 0 bridgehead atoms. The highest BCUT2D eigenvalue weighted by Crippen LogP contribution is 2.24. The van der Waals surface area contributed by atoms with Crippen molar-refractivity contribution in [1.29, 1.82) is 0 Å². The first kappa shape index (κ1) is 15.5. The Morgan fingerprint density at radius 2 is 2.05 bits per heavy atom. The average Bonchev–Trinajstić information content (AvgIpc) is 3.18. The van der Waals surface area contributed by atoms with Gasteiger partial charge >= 0.3 is 0 Å². The second-order valence-corrected chi connectivity index (χ2v) is 7.04. The first-order valence-electron chi connectivity index (χ1n) is 8.61. The average molecular weight is 301 g/mol. The summed E-state index contributed by atoms with van der Waals surface area (Å²) >= 11 is 0. The number of aromatic nitrogens is 1. The Hall–Kier alpha value is -1.42. The minimum Gasteiger partial charge on any atom is -0.337 e. The van der Waals surface area contributed by atoms with Gasteiger partial charge in [0, 0.05) is 26.2 Å². The van der Waals surface area contributed by atoms with Gasteiger partial charge in [0.15, 0.2) is 0 Å². The summed E-state index contributed by atoms with van der Waals surface area (Å²) in [6.07, 6.45) is 3.52. The molecule has 0 aromatic carbocycles. The molecule has 2 aliphatic heterocycles. The molecular weight excluding hydrogens is 274 g/mol. The number of carbonyl (C=O) groups excluding carboxylic acids is 1. The molecule has 4 heteroatoms. The van der Waals surface area contributed by atoms with Crippen molar-refractivity contribution < 1.29 is 4.79 Å². The molecule has 2 saturated heterocycles. The van der Waals surface area contributed by atoms with Gasteiger partial charge < -0.3 is 4.90 Å². The van der Waals surface area contributed by atoms with E-state index in [-0.39, 0.29) is 5.91 Å². The number of nitrogens with zero attached hydrogens (tertiary/aromatic N) is 3. The fourth-order valence-electron chi connectivity index (χ4n) is 3.55. The zero-order valence-electron chi connectivity index (χ0n) is 13.8. The van der Waals surface area contributed by atoms with Crippen LogP contribution in [0.1, 0.15) is 49.3 Å². The highest BCUT2D eigenvalue weighted by Gasteiger charge is 2.25. The molecule has 1 aromatic rings. The molecule has 1 aromatic heterocycles. The van der Waals surface area contributed by atoms with E-state index in [0.717, 1.165) is 63.1 Å². The maximum atomic E-state index is 12.4. The molecule has 0 unspecified atom stereocenters. The van der Waals surface area contributed by atoms with Gasteiger partial charge in [-0.3, -0.25) is 9.69 Å². The zero-order chi connectivity index (χ0) is 15.5. The third-order valence-corrected chi connectivity index (χ3v) is 5.06. The van der Waals surface area contributed by atoms with Crippen LogP contribution >= 0.6 is 0 Å². The number of rotatable bonds is 4. The van der Waals surface area contributed by atoms with Crippen molar-refractivity contribution in [1.82, 2.24) is 14.8 Å². The first-order valence-corrected chi connectivity index (χ1v) is 8.61. The Bertz CT molecular complexity index is 523. The lowest BCUT2D eigenvalue weighted by Crippen LogP contribution is -2.29. The molecular formula is C18H27N3O. The van der Waals surface area contributed by atoms with Crippen molar-refractivity contribution in [3.8, 4) is 0 Å². The molecule has 0 spiro atoms. The van der Waals surface area contributed by atoms with Crippen molar-refractivity contribution in [2.45, 2.75) is 39.7 Å². The lowest BCUT2D eigenvalue weighted by atomic mass is 9.95. The Balaban J connectivity index is 1.63. The van der Waals surface area contributed by atoms with Gasteiger partial charge in [-0.15, -0.1) is 0 Å². The van der Waals surface area contributed by atoms with Crippen LogP contribution in [0.5, 0.6) is 0 Å². The predicted octanol–water partition coefficient (Wildman–Crippen LogP) is 2.80. The van der Waals surface area contributed by atoms with Gasteiger partial charge in [-0.05, 0) is 49.8 Å². The minimum absolute atomic E-state index is 0.0980. The molecule has 1 amide bonds. The summed E-state index contributed by atoms with van der Waals surface area (Å²) in [5.41, 5.74) is 1.63. The standard InChI is InChI=1S/C18H27N3O/c1-14(2)15-8-11-20(12-15)13-16-6-5-7-17(19-16)18(22)21-9-3-4-10-21/h5-7,14-15H,3-4,8-13H2,1-2H3/t15-/m1/s1. The van der Waals surface area contributed by atoms with Gasteiger partial charge in [-0.25, -0.2) is 4.98 Å². The highest BCUT2D eigenvalue weighted by atomic mass is 16.2. The monoisotopic (exact) mass is 301 g/mol. The highest BCUT2D eigenvalue weighted by molar-refractivity contribution is 5.92. The van der Waals surface area contributed by atoms with Gasteiger partial charge in [0.2, 0.25) is 0 Å². The van der Waals surface area contributed by atoms with E-state index >= 15 is 0 Å². The van der Waals surface area contributed by atoms with Crippen LogP contribution in [-0.4, -0.2) is 46.9 Å². The van der Waals surface area contributed by atoms with Crippen molar-refractivity contribution >= 4 is 5.91 Å². The molecule has 1 atom stereocenters. The predicted molar refractivity (Wildman–Crippen MR) is 87.6 cm³/mol. The Morgan fingerprint density at radius 3 is 2.73 bits per heavy atom. The third kappa shape index (κ3) is 3.49. The molecule has 3 rings (SSSR count). The molecule has 0 saturated carbocycles. The zero-order valence-corrected chi connectivity index (χ0v) is 13.8. The number of likely N-dealkylation sites (tertiary alicyclic amines) is 2. The van der Waals surface area contributed by atoms with Crippen LogP contribution in [0.15, 0.2) is 18.2 Å². The van der Waals surface area contributed by atoms with Crippen molar-refractivity contribution in [2.24, 2.45) is 11.8 Å². The van der Waals surface area contributed by atoms with Crippen molar-refractivity contribution in [3.63, 3.8) is 0 Å². The molecule has 22 heavy (non-hydrogen) atoms. The van der Waals surface area contributed by atoms with Crippen molar-refractivity contribution in [3.05, 3.63) is 29.6 Å². The van der Waals surface area contributed by atoms with E-state index in [4.69, 9.17) is 0 Å². The minimum atomic E-state index is 0.0980. The lowest BCUT2D eigenvalue weighted by molar-refractivity contribution is 0.0786. The maximum Gasteiger partial charge on any atom is 0.272 e. The fourth-order valence-corrected chi connectivity index (χ4v) is 3.55. The van der Waals surface area contributed by atoms with Crippen LogP contribution in [0, 0.1) is 11.8 Å². The summed E-state index contributed by atoms with van der Waals surface area (Å²) in [5.74, 6) is 1.65. The Kier molecular flexibility index (Phi) is 4.77. The van der Waals surface area contributed by atoms with E-state index in [1.54, 1.807) is 0 Å². The maximum absolute atomic E-state index is 12.4. The summed E-state index contributed by atoms with van der Waals surface area (Å²) in [7, 11) is 0. The van der Waals surface area contributed by atoms with Crippen LogP contribution in [0.25, 0.3) is 0 Å². The molecule has 120 valence electrons. The molecule has 2 fully saturated rings. The summed E-state index contributed by atoms with van der Waals surface area (Å²) in [6.45, 7) is 9.55. The van der Waals surface area contributed by atoms with Gasteiger partial charge in [0.25, 0.3) is 5.91 Å². The largest absolute Gasteiger partial charge is 0.337 e. The van der Waals surface area contributed by atoms with E-state index in [0.29, 0.717) is 5.69 Å². The lowest BCUT2D eigenvalue weighted by Gasteiger charge is -2.18. The smallest absolute Gasteiger partial charge is 0.272 e. The summed E-state index contributed by atoms with van der Waals surface area (Å²) in [4.78, 5) is 21.4. The van der Waals surface area contributed by atoms with Crippen LogP contribution in [0.2, 0.25) is 0 Å². The van der Waals surface area contributed by atoms with Gasteiger partial charge in [-0.2, -0.15) is 0 Å². The van der Waals surface area contributed by atoms with E-state index in [2.05, 4.69) is 23.7 Å². The first-order chi connectivity index (χ1) is 10.6. The number of pyridine rings is 1. The Labute approximate surface area is 133 Å². The van der Waals surface area contributed by atoms with E-state index in [9.17, 15) is 4.79 Å². The van der Waals surface area contributed by atoms with Crippen LogP contribution in [-0.2, 0) is 6.54 Å². The summed E-state index contributed by atoms with van der Waals surface area (Å²) < 4.78 is 0. The number of carbonyl (C=O) groups is 1. The van der Waals surface area contributed by atoms with Crippen LogP contribution in [0.4, 0.5) is 0 Å². The number of amides is 1. The number of hydrogen-bond acceptors (Lipinski definition) is 3. The van der Waals surface area contributed by atoms with Gasteiger partial charge in [-0.1, -0.05) is 19.9 Å². The number of hydrogen-bond donors (Lipinski definition) is 0. The summed E-state index contributed by atoms with van der Waals surface area (Å²) in [5, 5.41) is 0. The van der Waals surface area contributed by atoms with E-state index in [1.165, 1.54) is 6.42 Å². The molecule has 3 heterocycles. The summed E-state index contributed by atoms with van der Waals surface area (Å²) in [6, 6.07) is 5.87. The van der Waals surface area contributed by atoms with E-state index < -0.39 is 0 Å². The molecule has 0 N–H and O–H groups in total. The third-order valence-electron chi connectivity index (χ3n) is 5.06. The second-order valence-electron chi connectivity index (χ2n) is 7.04. The fraction of sp³-hybridized carbons (Fsp3) is 0.667. The molecule has 0 radical (unpaired) electrons. The molecule has 2 aliphatic rings. The quantitative estimate of drug-likeness (QED) is 0.858. The van der Waals surface area contributed by atoms with Crippen molar-refractivity contribution in [2.75, 3.05) is 26.2 Å². The SMILES string of the molecule is CC(C)[C@@H]1CCN(Cc2cccc(C(=O)N3CCCC3)n2)C1. The van der Waals surface area contributed by atoms with E-state index in [1.807, 2.05) is 23.1 Å². The van der Waals surface area contributed by atoms with Crippen LogP contribution in [0.3, 0.4) is 0 Å². The van der Waals surface area contributed by atoms with Gasteiger partial charge in [0.05, 0.1) is 5.69 Å². The second kappa shape index (κ2) is 6.78. The van der Waals surface area contributed by atoms with Crippen LogP contribution < -0.4 is 0 Å². The topological polar surface area (TPSA) is 36.4 Å². The Morgan fingerprint density at radius 1 is 1.27 bits per heavy atom.